The molecule has 1 aromatic carbocycles. The van der Waals surface area contributed by atoms with E-state index in [2.05, 4.69) is 15.5 Å². The molecule has 0 saturated heterocycles. The lowest BCUT2D eigenvalue weighted by Gasteiger charge is -2.12. The van der Waals surface area contributed by atoms with Crippen LogP contribution in [0.25, 0.3) is 0 Å². The van der Waals surface area contributed by atoms with Gasteiger partial charge in [0.2, 0.25) is 0 Å². The Hall–Kier alpha value is -3.21. The number of ether oxygens (including phenoxy) is 1. The van der Waals surface area contributed by atoms with E-state index in [1.807, 2.05) is 0 Å². The predicted octanol–water partition coefficient (Wildman–Crippen LogP) is 0.788. The molecule has 2 aromatic rings. The highest BCUT2D eigenvalue weighted by molar-refractivity contribution is 7.17. The molecule has 0 unspecified atom stereocenters. The molecular weight excluding hydrogens is 338 g/mol. The van der Waals surface area contributed by atoms with Crippen LogP contribution in [0.3, 0.4) is 0 Å². The highest BCUT2D eigenvalue weighted by Crippen LogP contribution is 2.33. The number of nitrogens with one attached hydrogen (secondary N) is 1. The number of hydrazone groups is 1. The van der Waals surface area contributed by atoms with E-state index in [0.29, 0.717) is 10.6 Å². The molecule has 0 fully saturated rings. The summed E-state index contributed by atoms with van der Waals surface area (Å²) in [5.41, 5.74) is 7.82. The topological polar surface area (TPSA) is 156 Å². The molecule has 126 valence electrons. The monoisotopic (exact) mass is 350 g/mol. The molecule has 0 aliphatic carbocycles. The molecule has 0 spiro atoms. The van der Waals surface area contributed by atoms with E-state index in [1.165, 1.54) is 13.2 Å². The van der Waals surface area contributed by atoms with Gasteiger partial charge in [-0.25, -0.2) is 10.4 Å². The van der Waals surface area contributed by atoms with Crippen LogP contribution >= 0.6 is 11.3 Å². The summed E-state index contributed by atoms with van der Waals surface area (Å²) in [4.78, 5) is 26.2. The van der Waals surface area contributed by atoms with Crippen molar-refractivity contribution in [2.75, 3.05) is 12.8 Å². The van der Waals surface area contributed by atoms with E-state index in [1.54, 1.807) is 6.92 Å². The minimum absolute atomic E-state index is 0.192. The fourth-order valence-corrected chi connectivity index (χ4v) is 2.54. The first-order valence-electron chi connectivity index (χ1n) is 6.43. The van der Waals surface area contributed by atoms with E-state index in [-0.39, 0.29) is 16.4 Å². The summed E-state index contributed by atoms with van der Waals surface area (Å²) in [7, 11) is 1.22. The van der Waals surface area contributed by atoms with Crippen LogP contribution in [0, 0.1) is 17.0 Å². The number of aryl methyl sites for hydroxylation is 1. The van der Waals surface area contributed by atoms with E-state index in [9.17, 15) is 20.0 Å². The molecule has 11 heteroatoms. The van der Waals surface area contributed by atoms with E-state index < -0.39 is 22.3 Å². The number of nitrogens with zero attached hydrogens (tertiary/aromatic N) is 3. The average Bonchev–Trinajstić information content (AvgIpc) is 2.86. The smallest absolute Gasteiger partial charge is 0.283 e. The maximum absolute atomic E-state index is 11.9. The number of benzene rings is 1. The number of amides is 1. The Morgan fingerprint density at radius 1 is 1.54 bits per heavy atom. The van der Waals surface area contributed by atoms with Crippen LogP contribution in [0.1, 0.15) is 20.9 Å². The van der Waals surface area contributed by atoms with Gasteiger partial charge in [-0.2, -0.15) is 5.10 Å². The zero-order valence-electron chi connectivity index (χ0n) is 12.6. The summed E-state index contributed by atoms with van der Waals surface area (Å²) in [6, 6.07) is 2.32. The Balaban J connectivity index is 2.20. The lowest BCUT2D eigenvalue weighted by atomic mass is 10.2. The minimum Gasteiger partial charge on any atom is -0.865 e. The number of hydrogen-bond donors (Lipinski definition) is 2. The van der Waals surface area contributed by atoms with Crippen molar-refractivity contribution >= 4 is 34.3 Å². The van der Waals surface area contributed by atoms with Crippen LogP contribution in [-0.2, 0) is 0 Å². The largest absolute Gasteiger partial charge is 0.865 e. The summed E-state index contributed by atoms with van der Waals surface area (Å²) in [6.07, 6.45) is 1.16. The molecule has 0 saturated carbocycles. The number of methoxy groups -OCH3 is 1. The quantitative estimate of drug-likeness (QED) is 0.458. The number of anilines is 1. The number of nitro groups is 1. The number of thiazole rings is 1. The summed E-state index contributed by atoms with van der Waals surface area (Å²) >= 11 is 1.01. The van der Waals surface area contributed by atoms with Gasteiger partial charge in [-0.15, -0.1) is 0 Å². The molecular formula is C13H12N5O5S-. The van der Waals surface area contributed by atoms with Gasteiger partial charge in [0.25, 0.3) is 11.6 Å². The Kier molecular flexibility index (Phi) is 4.94. The number of carbonyl (C=O) groups is 1. The third-order valence-corrected chi connectivity index (χ3v) is 3.86. The highest BCUT2D eigenvalue weighted by atomic mass is 32.1. The zero-order valence-corrected chi connectivity index (χ0v) is 13.4. The lowest BCUT2D eigenvalue weighted by Crippen LogP contribution is -2.17. The van der Waals surface area contributed by atoms with Crippen molar-refractivity contribution in [3.05, 3.63) is 38.4 Å². The molecule has 0 atom stereocenters. The summed E-state index contributed by atoms with van der Waals surface area (Å²) in [5.74, 6) is -1.54. The average molecular weight is 350 g/mol. The number of rotatable bonds is 5. The number of nitrogen functional groups attached to an aromatic ring is 1. The van der Waals surface area contributed by atoms with Crippen molar-refractivity contribution in [1.29, 1.82) is 0 Å². The Morgan fingerprint density at radius 3 is 2.79 bits per heavy atom. The number of nitrogens with two attached hydrogens (primary N) is 1. The van der Waals surface area contributed by atoms with Crippen LogP contribution < -0.4 is 21.0 Å². The zero-order chi connectivity index (χ0) is 17.9. The molecule has 2 rings (SSSR count). The first-order valence-corrected chi connectivity index (χ1v) is 7.25. The number of nitro benzene ring substituents is 1. The Morgan fingerprint density at radius 2 is 2.25 bits per heavy atom. The molecule has 0 aliphatic heterocycles. The molecule has 0 bridgehead atoms. The normalized spacial score (nSPS) is 10.8. The van der Waals surface area contributed by atoms with Crippen molar-refractivity contribution in [3.8, 4) is 11.5 Å². The van der Waals surface area contributed by atoms with Crippen LogP contribution in [0.5, 0.6) is 11.5 Å². The number of aromatic nitrogens is 1. The Labute approximate surface area is 139 Å². The van der Waals surface area contributed by atoms with E-state index in [0.717, 1.165) is 23.6 Å². The van der Waals surface area contributed by atoms with Crippen molar-refractivity contribution < 1.29 is 19.6 Å². The number of carbonyl (C=O) groups excluding carboxylic acids is 1. The fraction of sp³-hybridized carbons (Fsp3) is 0.154. The van der Waals surface area contributed by atoms with E-state index >= 15 is 0 Å². The molecule has 1 aromatic heterocycles. The van der Waals surface area contributed by atoms with E-state index in [4.69, 9.17) is 10.5 Å². The third kappa shape index (κ3) is 3.57. The predicted molar refractivity (Wildman–Crippen MR) is 85.4 cm³/mol. The van der Waals surface area contributed by atoms with Gasteiger partial charge in [0.05, 0.1) is 23.9 Å². The van der Waals surface area contributed by atoms with Gasteiger partial charge in [-0.1, -0.05) is 11.3 Å². The van der Waals surface area contributed by atoms with Crippen molar-refractivity contribution in [2.45, 2.75) is 6.92 Å². The summed E-state index contributed by atoms with van der Waals surface area (Å²) in [6.45, 7) is 1.63. The second-order valence-corrected chi connectivity index (χ2v) is 5.52. The first-order chi connectivity index (χ1) is 11.3. The van der Waals surface area contributed by atoms with Gasteiger partial charge in [0, 0.05) is 17.4 Å². The molecule has 0 aliphatic rings. The lowest BCUT2D eigenvalue weighted by molar-refractivity contribution is -0.398. The molecule has 3 N–H and O–H groups in total. The number of hydrogen-bond acceptors (Lipinski definition) is 9. The molecule has 10 nitrogen and oxygen atoms in total. The maximum atomic E-state index is 11.9. The van der Waals surface area contributed by atoms with Gasteiger partial charge < -0.3 is 15.6 Å². The second-order valence-electron chi connectivity index (χ2n) is 4.49. The van der Waals surface area contributed by atoms with Gasteiger partial charge in [-0.3, -0.25) is 14.9 Å². The van der Waals surface area contributed by atoms with Gasteiger partial charge in [-0.05, 0) is 13.0 Å². The van der Waals surface area contributed by atoms with Crippen LogP contribution in [0.2, 0.25) is 0 Å². The van der Waals surface area contributed by atoms with Crippen molar-refractivity contribution in [3.63, 3.8) is 0 Å². The highest BCUT2D eigenvalue weighted by Gasteiger charge is 2.14. The van der Waals surface area contributed by atoms with Crippen LogP contribution in [0.15, 0.2) is 17.2 Å². The summed E-state index contributed by atoms with van der Waals surface area (Å²) in [5, 5.41) is 26.5. The maximum Gasteiger partial charge on any atom is 0.283 e. The molecule has 0 radical (unpaired) electrons. The fourth-order valence-electron chi connectivity index (χ4n) is 1.81. The first kappa shape index (κ1) is 17.1. The summed E-state index contributed by atoms with van der Waals surface area (Å²) < 4.78 is 4.81. The second kappa shape index (κ2) is 6.91. The van der Waals surface area contributed by atoms with Crippen LogP contribution in [-0.4, -0.2) is 29.1 Å². The standard InChI is InChI=1S/C13H13N5O5S/c1-6-11(24-13(14)16-6)12(20)17-15-5-7-3-8(18(21)22)10(19)9(4-7)23-2/h3-5,19H,1-2H3,(H2,14,16)(H,17,20)/p-1. The third-order valence-electron chi connectivity index (χ3n) is 2.87. The molecule has 1 heterocycles. The van der Waals surface area contributed by atoms with Gasteiger partial charge in [0.15, 0.2) is 5.13 Å². The minimum atomic E-state index is -0.834. The van der Waals surface area contributed by atoms with Crippen LogP contribution in [0.4, 0.5) is 10.8 Å². The molecule has 1 amide bonds. The van der Waals surface area contributed by atoms with Crippen molar-refractivity contribution in [2.24, 2.45) is 5.10 Å². The van der Waals surface area contributed by atoms with Gasteiger partial charge >= 0.3 is 0 Å². The Bertz CT molecular complexity index is 832. The van der Waals surface area contributed by atoms with Crippen molar-refractivity contribution in [1.82, 2.24) is 10.4 Å². The molecule has 24 heavy (non-hydrogen) atoms. The SMILES string of the molecule is COc1cc(C=NNC(=O)c2sc(N)nc2C)cc([N+](=O)[O-])c1[O-]. The van der Waals surface area contributed by atoms with Gasteiger partial charge in [0.1, 0.15) is 10.6 Å².